The molecule has 19 heavy (non-hydrogen) atoms. The summed E-state index contributed by atoms with van der Waals surface area (Å²) >= 11 is 11.8. The number of carbonyl (C=O) groups is 1. The minimum absolute atomic E-state index is 0.440. The Morgan fingerprint density at radius 2 is 1.42 bits per heavy atom. The lowest BCUT2D eigenvalue weighted by molar-refractivity contribution is 0.0360. The van der Waals surface area contributed by atoms with Gasteiger partial charge in [-0.3, -0.25) is 4.79 Å². The maximum atomic E-state index is 12.5. The predicted molar refractivity (Wildman–Crippen MR) is 75.6 cm³/mol. The van der Waals surface area contributed by atoms with Gasteiger partial charge in [0.2, 0.25) is 5.78 Å². The van der Waals surface area contributed by atoms with Crippen LogP contribution in [0.5, 0.6) is 0 Å². The third kappa shape index (κ3) is 1.64. The predicted octanol–water partition coefficient (Wildman–Crippen LogP) is 3.54. The van der Waals surface area contributed by atoms with Gasteiger partial charge in [0.1, 0.15) is 4.84 Å². The Bertz CT molecular complexity index is 667. The van der Waals surface area contributed by atoms with Gasteiger partial charge in [-0.05, 0) is 11.1 Å². The van der Waals surface area contributed by atoms with Crippen molar-refractivity contribution in [3.63, 3.8) is 0 Å². The molecule has 2 aromatic carbocycles. The molecule has 96 valence electrons. The molecule has 1 atom stereocenters. The normalized spacial score (nSPS) is 21.2. The summed E-state index contributed by atoms with van der Waals surface area (Å²) in [6, 6.07) is 14.3. The van der Waals surface area contributed by atoms with Crippen molar-refractivity contribution in [2.24, 2.45) is 0 Å². The van der Waals surface area contributed by atoms with Crippen molar-refractivity contribution in [2.75, 3.05) is 0 Å². The molecule has 0 aliphatic heterocycles. The van der Waals surface area contributed by atoms with Gasteiger partial charge in [0.05, 0.1) is 0 Å². The van der Waals surface area contributed by atoms with Crippen LogP contribution in [-0.2, 0) is 5.60 Å². The number of fused-ring (bicyclic) bond motifs is 3. The van der Waals surface area contributed by atoms with Gasteiger partial charge in [0, 0.05) is 11.1 Å². The van der Waals surface area contributed by atoms with E-state index in [1.165, 1.54) is 0 Å². The summed E-state index contributed by atoms with van der Waals surface area (Å²) in [7, 11) is 0. The Morgan fingerprint density at radius 3 is 2.05 bits per heavy atom. The Kier molecular flexibility index (Phi) is 2.90. The van der Waals surface area contributed by atoms with Crippen LogP contribution in [0.1, 0.15) is 15.9 Å². The third-order valence-electron chi connectivity index (χ3n) is 3.46. The maximum Gasteiger partial charge on any atom is 0.202 e. The van der Waals surface area contributed by atoms with E-state index >= 15 is 0 Å². The quantitative estimate of drug-likeness (QED) is 0.817. The molecule has 0 bridgehead atoms. The van der Waals surface area contributed by atoms with Crippen molar-refractivity contribution in [1.82, 2.24) is 0 Å². The average molecular weight is 293 g/mol. The first-order valence-electron chi connectivity index (χ1n) is 5.81. The first-order valence-corrected chi connectivity index (χ1v) is 6.68. The smallest absolute Gasteiger partial charge is 0.202 e. The molecule has 2 aromatic rings. The largest absolute Gasteiger partial charge is 0.374 e. The molecule has 0 saturated heterocycles. The number of benzene rings is 2. The van der Waals surface area contributed by atoms with Gasteiger partial charge in [-0.25, -0.2) is 0 Å². The molecule has 0 fully saturated rings. The summed E-state index contributed by atoms with van der Waals surface area (Å²) in [6.45, 7) is 0. The number of ketones is 1. The minimum atomic E-state index is -1.89. The van der Waals surface area contributed by atoms with Crippen molar-refractivity contribution in [1.29, 1.82) is 0 Å². The highest BCUT2D eigenvalue weighted by Crippen LogP contribution is 2.45. The molecule has 1 unspecified atom stereocenters. The van der Waals surface area contributed by atoms with Crippen LogP contribution in [0.15, 0.2) is 48.5 Å². The zero-order chi connectivity index (χ0) is 13.6. The molecule has 4 heteroatoms. The van der Waals surface area contributed by atoms with Crippen LogP contribution < -0.4 is 0 Å². The molecule has 3 rings (SSSR count). The fourth-order valence-corrected chi connectivity index (χ4v) is 2.94. The number of aliphatic hydroxyl groups is 1. The summed E-state index contributed by atoms with van der Waals surface area (Å²) in [5.41, 5.74) is 0.575. The van der Waals surface area contributed by atoms with Crippen molar-refractivity contribution in [3.05, 3.63) is 59.7 Å². The molecule has 1 aliphatic carbocycles. The van der Waals surface area contributed by atoms with E-state index in [1.54, 1.807) is 24.3 Å². The van der Waals surface area contributed by atoms with Crippen molar-refractivity contribution < 1.29 is 9.90 Å². The number of alkyl halides is 2. The second-order valence-corrected chi connectivity index (χ2v) is 5.58. The Balaban J connectivity index is 2.39. The van der Waals surface area contributed by atoms with Gasteiger partial charge in [-0.2, -0.15) is 0 Å². The molecule has 0 heterocycles. The number of Topliss-reactive ketones (excluding diaryl/α,β-unsaturated/α-hetero) is 1. The minimum Gasteiger partial charge on any atom is -0.374 e. The van der Waals surface area contributed by atoms with Crippen molar-refractivity contribution >= 4 is 29.0 Å². The zero-order valence-electron chi connectivity index (χ0n) is 9.81. The summed E-state index contributed by atoms with van der Waals surface area (Å²) in [4.78, 5) is 11.3. The van der Waals surface area contributed by atoms with Crippen LogP contribution >= 0.6 is 23.2 Å². The van der Waals surface area contributed by atoms with Gasteiger partial charge in [-0.1, -0.05) is 48.5 Å². The van der Waals surface area contributed by atoms with Crippen LogP contribution in [0.2, 0.25) is 0 Å². The van der Waals surface area contributed by atoms with Gasteiger partial charge in [-0.15, -0.1) is 23.2 Å². The number of halogens is 2. The van der Waals surface area contributed by atoms with Crippen molar-refractivity contribution in [3.8, 4) is 11.1 Å². The Labute approximate surface area is 120 Å². The lowest BCUT2D eigenvalue weighted by atomic mass is 9.75. The van der Waals surface area contributed by atoms with E-state index in [1.807, 2.05) is 24.3 Å². The number of hydrogen-bond acceptors (Lipinski definition) is 2. The van der Waals surface area contributed by atoms with Gasteiger partial charge >= 0.3 is 0 Å². The SMILES string of the molecule is O=C1c2ccccc2-c2ccccc2C1(O)C(Cl)Cl. The lowest BCUT2D eigenvalue weighted by Gasteiger charge is -2.34. The van der Waals surface area contributed by atoms with Crippen LogP contribution in [0.4, 0.5) is 0 Å². The molecule has 0 amide bonds. The Hall–Kier alpha value is -1.35. The van der Waals surface area contributed by atoms with Crippen LogP contribution in [0.3, 0.4) is 0 Å². The molecule has 1 aliphatic rings. The molecule has 0 spiro atoms. The fourth-order valence-electron chi connectivity index (χ4n) is 2.51. The molecule has 0 aromatic heterocycles. The molecular weight excluding hydrogens is 283 g/mol. The summed E-state index contributed by atoms with van der Waals surface area (Å²) in [5, 5.41) is 10.7. The Morgan fingerprint density at radius 1 is 0.895 bits per heavy atom. The highest BCUT2D eigenvalue weighted by atomic mass is 35.5. The highest BCUT2D eigenvalue weighted by molar-refractivity contribution is 6.47. The first-order chi connectivity index (χ1) is 9.06. The first kappa shape index (κ1) is 12.7. The van der Waals surface area contributed by atoms with E-state index in [2.05, 4.69) is 0 Å². The van der Waals surface area contributed by atoms with E-state index in [-0.39, 0.29) is 0 Å². The van der Waals surface area contributed by atoms with Crippen LogP contribution in [0.25, 0.3) is 11.1 Å². The second kappa shape index (κ2) is 4.34. The highest BCUT2D eigenvalue weighted by Gasteiger charge is 2.49. The van der Waals surface area contributed by atoms with Gasteiger partial charge in [0.25, 0.3) is 0 Å². The summed E-state index contributed by atoms with van der Waals surface area (Å²) < 4.78 is 0. The monoisotopic (exact) mass is 292 g/mol. The molecule has 0 radical (unpaired) electrons. The van der Waals surface area contributed by atoms with E-state index in [4.69, 9.17) is 23.2 Å². The summed E-state index contributed by atoms with van der Waals surface area (Å²) in [5.74, 6) is -0.461. The number of hydrogen-bond donors (Lipinski definition) is 1. The fraction of sp³-hybridized carbons (Fsp3) is 0.133. The molecule has 2 nitrogen and oxygen atoms in total. The molecular formula is C15H10Cl2O2. The summed E-state index contributed by atoms with van der Waals surface area (Å²) in [6.07, 6.45) is 0. The third-order valence-corrected chi connectivity index (χ3v) is 4.09. The van der Waals surface area contributed by atoms with Crippen molar-refractivity contribution in [2.45, 2.75) is 10.4 Å². The van der Waals surface area contributed by atoms with E-state index in [9.17, 15) is 9.90 Å². The van der Waals surface area contributed by atoms with E-state index in [0.29, 0.717) is 11.1 Å². The van der Waals surface area contributed by atoms with Gasteiger partial charge < -0.3 is 5.11 Å². The maximum absolute atomic E-state index is 12.5. The van der Waals surface area contributed by atoms with Crippen LogP contribution in [-0.4, -0.2) is 15.7 Å². The number of rotatable bonds is 1. The van der Waals surface area contributed by atoms with E-state index in [0.717, 1.165) is 11.1 Å². The average Bonchev–Trinajstić information content (AvgIpc) is 2.44. The lowest BCUT2D eigenvalue weighted by Crippen LogP contribution is -2.44. The second-order valence-electron chi connectivity index (χ2n) is 4.49. The molecule has 0 saturated carbocycles. The molecule has 1 N–H and O–H groups in total. The zero-order valence-corrected chi connectivity index (χ0v) is 11.3. The topological polar surface area (TPSA) is 37.3 Å². The van der Waals surface area contributed by atoms with Gasteiger partial charge in [0.15, 0.2) is 5.60 Å². The standard InChI is InChI=1S/C15H10Cl2O2/c16-14(17)15(19)12-8-4-3-6-10(12)9-5-1-2-7-11(9)13(15)18/h1-8,14,19H. The number of carbonyl (C=O) groups excluding carboxylic acids is 1. The van der Waals surface area contributed by atoms with Crippen LogP contribution in [0, 0.1) is 0 Å². The van der Waals surface area contributed by atoms with E-state index < -0.39 is 16.2 Å².